The van der Waals surface area contributed by atoms with Crippen LogP contribution >= 0.6 is 0 Å². The number of carboxylic acid groups (broad SMARTS) is 1. The molecule has 0 aliphatic carbocycles. The fourth-order valence-corrected chi connectivity index (χ4v) is 1.67. The summed E-state index contributed by atoms with van der Waals surface area (Å²) in [6.07, 6.45) is -0.104. The maximum atomic E-state index is 12.9. The van der Waals surface area contributed by atoms with Gasteiger partial charge in [-0.25, -0.2) is 4.39 Å². The number of carbonyl (C=O) groups is 2. The molecule has 0 saturated carbocycles. The third-order valence-electron chi connectivity index (χ3n) is 2.93. The lowest BCUT2D eigenvalue weighted by molar-refractivity contribution is -0.149. The van der Waals surface area contributed by atoms with E-state index in [9.17, 15) is 14.0 Å². The van der Waals surface area contributed by atoms with Crippen LogP contribution in [0.25, 0.3) is 0 Å². The van der Waals surface area contributed by atoms with Crippen LogP contribution in [0.4, 0.5) is 10.1 Å². The average Bonchev–Trinajstić information content (AvgIpc) is 2.31. The van der Waals surface area contributed by atoms with Crippen LogP contribution in [-0.2, 0) is 9.59 Å². The molecule has 0 spiro atoms. The molecule has 0 atom stereocenters. The van der Waals surface area contributed by atoms with E-state index in [-0.39, 0.29) is 18.1 Å². The number of hydrogen-bond acceptors (Lipinski definition) is 2. The van der Waals surface area contributed by atoms with Crippen molar-refractivity contribution in [2.75, 3.05) is 11.4 Å². The Balaban J connectivity index is 2.89. The van der Waals surface area contributed by atoms with Crippen molar-refractivity contribution in [3.8, 4) is 0 Å². The molecule has 1 N–H and O–H groups in total. The molecule has 1 aromatic carbocycles. The highest BCUT2D eigenvalue weighted by Gasteiger charge is 2.32. The Morgan fingerprint density at radius 1 is 1.26 bits per heavy atom. The normalized spacial score (nSPS) is 11.2. The van der Waals surface area contributed by atoms with Gasteiger partial charge in [-0.2, -0.15) is 0 Å². The van der Waals surface area contributed by atoms with E-state index < -0.39 is 11.4 Å². The van der Waals surface area contributed by atoms with Crippen LogP contribution in [-0.4, -0.2) is 23.5 Å². The molecule has 0 saturated heterocycles. The van der Waals surface area contributed by atoms with Crippen LogP contribution in [0.5, 0.6) is 0 Å². The summed E-state index contributed by atoms with van der Waals surface area (Å²) in [6, 6.07) is 5.55. The van der Waals surface area contributed by atoms with Crippen molar-refractivity contribution in [1.29, 1.82) is 0 Å². The topological polar surface area (TPSA) is 57.6 Å². The molecule has 1 aromatic rings. The van der Waals surface area contributed by atoms with Gasteiger partial charge in [-0.3, -0.25) is 9.59 Å². The summed E-state index contributed by atoms with van der Waals surface area (Å²) >= 11 is 0. The van der Waals surface area contributed by atoms with Crippen molar-refractivity contribution < 1.29 is 19.1 Å². The summed E-state index contributed by atoms with van der Waals surface area (Å²) in [7, 11) is 0. The number of benzene rings is 1. The van der Waals surface area contributed by atoms with E-state index in [0.717, 1.165) is 0 Å². The highest BCUT2D eigenvalue weighted by molar-refractivity contribution is 5.96. The van der Waals surface area contributed by atoms with Crippen molar-refractivity contribution in [2.24, 2.45) is 5.41 Å². The maximum Gasteiger partial charge on any atom is 0.309 e. The molecule has 0 heterocycles. The van der Waals surface area contributed by atoms with Gasteiger partial charge in [0.25, 0.3) is 0 Å². The highest BCUT2D eigenvalue weighted by atomic mass is 19.1. The lowest BCUT2D eigenvalue weighted by Crippen LogP contribution is -2.36. The Kier molecular flexibility index (Phi) is 4.64. The number of halogens is 1. The molecule has 4 nitrogen and oxygen atoms in total. The highest BCUT2D eigenvalue weighted by Crippen LogP contribution is 2.24. The quantitative estimate of drug-likeness (QED) is 0.892. The molecule has 0 bridgehead atoms. The van der Waals surface area contributed by atoms with Gasteiger partial charge in [0.1, 0.15) is 5.82 Å². The van der Waals surface area contributed by atoms with Gasteiger partial charge >= 0.3 is 5.97 Å². The zero-order valence-electron chi connectivity index (χ0n) is 11.3. The largest absolute Gasteiger partial charge is 0.481 e. The second-order valence-electron chi connectivity index (χ2n) is 4.98. The number of carboxylic acids is 1. The van der Waals surface area contributed by atoms with Gasteiger partial charge in [-0.1, -0.05) is 0 Å². The maximum absolute atomic E-state index is 12.9. The van der Waals surface area contributed by atoms with Crippen molar-refractivity contribution in [1.82, 2.24) is 0 Å². The number of rotatable bonds is 5. The first-order valence-electron chi connectivity index (χ1n) is 6.07. The van der Waals surface area contributed by atoms with E-state index in [2.05, 4.69) is 0 Å². The van der Waals surface area contributed by atoms with E-state index in [1.165, 1.54) is 43.0 Å². The molecule has 0 aliphatic heterocycles. The van der Waals surface area contributed by atoms with Gasteiger partial charge in [0.2, 0.25) is 5.91 Å². The van der Waals surface area contributed by atoms with Crippen LogP contribution in [0.1, 0.15) is 27.2 Å². The minimum Gasteiger partial charge on any atom is -0.481 e. The molecule has 19 heavy (non-hydrogen) atoms. The summed E-state index contributed by atoms with van der Waals surface area (Å²) in [6.45, 7) is 5.20. The van der Waals surface area contributed by atoms with Gasteiger partial charge in [-0.05, 0) is 45.0 Å². The summed E-state index contributed by atoms with van der Waals surface area (Å²) in [4.78, 5) is 24.6. The second-order valence-corrected chi connectivity index (χ2v) is 4.98. The SMILES string of the molecule is CCN(C(=O)CC(C)(C)C(=O)O)c1ccc(F)cc1. The monoisotopic (exact) mass is 267 g/mol. The molecular weight excluding hydrogens is 249 g/mol. The predicted octanol–water partition coefficient (Wildman–Crippen LogP) is 2.68. The predicted molar refractivity (Wildman–Crippen MR) is 70.5 cm³/mol. The Bertz CT molecular complexity index is 468. The second kappa shape index (κ2) is 5.82. The van der Waals surface area contributed by atoms with Crippen molar-refractivity contribution >= 4 is 17.6 Å². The lowest BCUT2D eigenvalue weighted by atomic mass is 9.89. The minimum atomic E-state index is -1.12. The van der Waals surface area contributed by atoms with Crippen LogP contribution < -0.4 is 4.90 Å². The number of carbonyl (C=O) groups excluding carboxylic acids is 1. The van der Waals surface area contributed by atoms with Crippen LogP contribution in [0, 0.1) is 11.2 Å². The molecule has 0 fully saturated rings. The first-order chi connectivity index (χ1) is 8.77. The van der Waals surface area contributed by atoms with Gasteiger partial charge < -0.3 is 10.0 Å². The summed E-state index contributed by atoms with van der Waals surface area (Å²) in [5.74, 6) is -1.68. The third kappa shape index (κ3) is 3.77. The molecular formula is C14H18FNO3. The lowest BCUT2D eigenvalue weighted by Gasteiger charge is -2.25. The summed E-state index contributed by atoms with van der Waals surface area (Å²) < 4.78 is 12.9. The average molecular weight is 267 g/mol. The summed E-state index contributed by atoms with van der Waals surface area (Å²) in [5.41, 5.74) is -0.556. The number of nitrogens with zero attached hydrogens (tertiary/aromatic N) is 1. The van der Waals surface area contributed by atoms with E-state index in [4.69, 9.17) is 5.11 Å². The standard InChI is InChI=1S/C14H18FNO3/c1-4-16(11-7-5-10(15)6-8-11)12(17)9-14(2,3)13(18)19/h5-8H,4,9H2,1-3H3,(H,18,19). The first-order valence-corrected chi connectivity index (χ1v) is 6.07. The molecule has 0 aromatic heterocycles. The zero-order chi connectivity index (χ0) is 14.6. The third-order valence-corrected chi connectivity index (χ3v) is 2.93. The number of amides is 1. The Morgan fingerprint density at radius 2 is 1.79 bits per heavy atom. The molecule has 104 valence electrons. The van der Waals surface area contributed by atoms with Crippen molar-refractivity contribution in [3.05, 3.63) is 30.1 Å². The minimum absolute atomic E-state index is 0.104. The van der Waals surface area contributed by atoms with Gasteiger partial charge in [-0.15, -0.1) is 0 Å². The van der Waals surface area contributed by atoms with E-state index in [1.807, 2.05) is 0 Å². The van der Waals surface area contributed by atoms with E-state index >= 15 is 0 Å². The fraction of sp³-hybridized carbons (Fsp3) is 0.429. The van der Waals surface area contributed by atoms with Gasteiger partial charge in [0.05, 0.1) is 5.41 Å². The Hall–Kier alpha value is -1.91. The number of anilines is 1. The van der Waals surface area contributed by atoms with E-state index in [1.54, 1.807) is 6.92 Å². The Labute approximate surface area is 111 Å². The van der Waals surface area contributed by atoms with Crippen LogP contribution in [0.3, 0.4) is 0 Å². The molecule has 0 aliphatic rings. The molecule has 1 amide bonds. The van der Waals surface area contributed by atoms with Crippen LogP contribution in [0.15, 0.2) is 24.3 Å². The van der Waals surface area contributed by atoms with Gasteiger partial charge in [0.15, 0.2) is 0 Å². The smallest absolute Gasteiger partial charge is 0.309 e. The van der Waals surface area contributed by atoms with Crippen LogP contribution in [0.2, 0.25) is 0 Å². The Morgan fingerprint density at radius 3 is 2.21 bits per heavy atom. The molecule has 5 heteroatoms. The zero-order valence-corrected chi connectivity index (χ0v) is 11.3. The molecule has 0 radical (unpaired) electrons. The molecule has 1 rings (SSSR count). The van der Waals surface area contributed by atoms with Gasteiger partial charge in [0, 0.05) is 18.7 Å². The van der Waals surface area contributed by atoms with E-state index in [0.29, 0.717) is 12.2 Å². The number of aliphatic carboxylic acids is 1. The summed E-state index contributed by atoms with van der Waals surface area (Å²) in [5, 5.41) is 9.03. The van der Waals surface area contributed by atoms with Crippen molar-refractivity contribution in [3.63, 3.8) is 0 Å². The number of hydrogen-bond donors (Lipinski definition) is 1. The first kappa shape index (κ1) is 15.1. The van der Waals surface area contributed by atoms with Crippen molar-refractivity contribution in [2.45, 2.75) is 27.2 Å². The fourth-order valence-electron chi connectivity index (χ4n) is 1.67. The molecule has 0 unspecified atom stereocenters.